The van der Waals surface area contributed by atoms with E-state index in [2.05, 4.69) is 20.6 Å². The molecular formula is C25H30N6O4S2. The minimum atomic E-state index is -3.36. The summed E-state index contributed by atoms with van der Waals surface area (Å²) in [6, 6.07) is 13.8. The number of aromatic nitrogens is 2. The highest BCUT2D eigenvalue weighted by atomic mass is 32.2. The van der Waals surface area contributed by atoms with E-state index in [9.17, 15) is 16.8 Å². The lowest BCUT2D eigenvalue weighted by Gasteiger charge is -2.15. The number of nitrogens with two attached hydrogens (primary N) is 2. The van der Waals surface area contributed by atoms with E-state index >= 15 is 0 Å². The van der Waals surface area contributed by atoms with Gasteiger partial charge >= 0.3 is 0 Å². The lowest BCUT2D eigenvalue weighted by Crippen LogP contribution is -2.25. The van der Waals surface area contributed by atoms with Gasteiger partial charge in [0.05, 0.1) is 10.5 Å². The van der Waals surface area contributed by atoms with Crippen LogP contribution in [-0.4, -0.2) is 37.3 Å². The van der Waals surface area contributed by atoms with E-state index < -0.39 is 30.4 Å². The molecule has 2 fully saturated rings. The second kappa shape index (κ2) is 9.67. The molecule has 2 unspecified atom stereocenters. The summed E-state index contributed by atoms with van der Waals surface area (Å²) in [6.07, 6.45) is 4.39. The van der Waals surface area contributed by atoms with Crippen LogP contribution in [0.3, 0.4) is 0 Å². The Morgan fingerprint density at radius 1 is 0.757 bits per heavy atom. The van der Waals surface area contributed by atoms with Crippen molar-refractivity contribution in [3.05, 3.63) is 71.4 Å². The maximum absolute atomic E-state index is 12.4. The van der Waals surface area contributed by atoms with Gasteiger partial charge in [-0.2, -0.15) is 4.98 Å². The van der Waals surface area contributed by atoms with Gasteiger partial charge in [-0.25, -0.2) is 21.8 Å². The molecule has 2 aliphatic rings. The van der Waals surface area contributed by atoms with Crippen LogP contribution in [0.2, 0.25) is 0 Å². The summed E-state index contributed by atoms with van der Waals surface area (Å²) in [5, 5.41) is 3.65. The van der Waals surface area contributed by atoms with Crippen LogP contribution >= 0.6 is 0 Å². The summed E-state index contributed by atoms with van der Waals surface area (Å²) in [4.78, 5) is 8.87. The van der Waals surface area contributed by atoms with Gasteiger partial charge in [-0.1, -0.05) is 24.3 Å². The van der Waals surface area contributed by atoms with Crippen LogP contribution in [0.5, 0.6) is 0 Å². The zero-order valence-corrected chi connectivity index (χ0v) is 22.0. The van der Waals surface area contributed by atoms with Crippen LogP contribution in [0.25, 0.3) is 0 Å². The average Bonchev–Trinajstić information content (AvgIpc) is 3.78. The average molecular weight is 543 g/mol. The van der Waals surface area contributed by atoms with Gasteiger partial charge in [0.15, 0.2) is 19.7 Å². The zero-order valence-electron chi connectivity index (χ0n) is 20.3. The maximum atomic E-state index is 12.4. The molecule has 0 saturated heterocycles. The first kappa shape index (κ1) is 25.6. The molecule has 2 atom stereocenters. The highest BCUT2D eigenvalue weighted by Crippen LogP contribution is 2.36. The van der Waals surface area contributed by atoms with Crippen molar-refractivity contribution in [2.75, 3.05) is 10.6 Å². The SMILES string of the molecule is Cc1cnc(Nc2ccc(C(N)S(=O)(=O)C3CC3)cc2)nc1Nc1ccc(C(N)S(=O)(=O)C2CC2)cc1. The Balaban J connectivity index is 1.26. The first-order chi connectivity index (χ1) is 17.6. The third-order valence-corrected chi connectivity index (χ3v) is 11.4. The Bertz CT molecular complexity index is 1500. The summed E-state index contributed by atoms with van der Waals surface area (Å²) in [5.41, 5.74) is 15.3. The number of anilines is 4. The largest absolute Gasteiger partial charge is 0.340 e. The molecule has 0 aliphatic heterocycles. The van der Waals surface area contributed by atoms with Crippen molar-refractivity contribution in [3.63, 3.8) is 0 Å². The summed E-state index contributed by atoms with van der Waals surface area (Å²) >= 11 is 0. The molecule has 0 radical (unpaired) electrons. The number of aryl methyl sites for hydroxylation is 1. The van der Waals surface area contributed by atoms with Gasteiger partial charge in [0.1, 0.15) is 16.6 Å². The van der Waals surface area contributed by atoms with Gasteiger partial charge in [0, 0.05) is 23.1 Å². The van der Waals surface area contributed by atoms with Crippen LogP contribution in [0.1, 0.15) is 53.1 Å². The van der Waals surface area contributed by atoms with Crippen LogP contribution in [-0.2, 0) is 19.7 Å². The van der Waals surface area contributed by atoms with Crippen LogP contribution in [0.4, 0.5) is 23.1 Å². The minimum Gasteiger partial charge on any atom is -0.340 e. The molecule has 10 nitrogen and oxygen atoms in total. The second-order valence-electron chi connectivity index (χ2n) is 9.64. The number of nitrogens with one attached hydrogen (secondary N) is 2. The van der Waals surface area contributed by atoms with E-state index in [0.29, 0.717) is 54.3 Å². The minimum absolute atomic E-state index is 0.321. The van der Waals surface area contributed by atoms with Crippen molar-refractivity contribution >= 4 is 42.8 Å². The van der Waals surface area contributed by atoms with E-state index in [4.69, 9.17) is 11.5 Å². The quantitative estimate of drug-likeness (QED) is 0.298. The molecule has 37 heavy (non-hydrogen) atoms. The fourth-order valence-electron chi connectivity index (χ4n) is 3.99. The van der Waals surface area contributed by atoms with Crippen molar-refractivity contribution < 1.29 is 16.8 Å². The Morgan fingerprint density at radius 2 is 1.19 bits per heavy atom. The lowest BCUT2D eigenvalue weighted by molar-refractivity contribution is 0.581. The number of benzene rings is 2. The summed E-state index contributed by atoms with van der Waals surface area (Å²) in [7, 11) is -6.72. The molecule has 6 N–H and O–H groups in total. The molecule has 0 amide bonds. The molecule has 3 aromatic rings. The number of hydrogen-bond acceptors (Lipinski definition) is 10. The normalized spacial score (nSPS) is 17.7. The molecule has 1 aromatic heterocycles. The highest BCUT2D eigenvalue weighted by Gasteiger charge is 2.41. The standard InChI is InChI=1S/C25H30N6O4S2/c1-15-14-28-25(30-19-8-4-17(5-9-19)23(27)37(34,35)21-12-13-21)31-24(15)29-18-6-2-16(3-7-18)22(26)36(32,33)20-10-11-20/h2-9,14,20-23H,10-13,26-27H2,1H3,(H2,28,29,30,31). The smallest absolute Gasteiger partial charge is 0.229 e. The van der Waals surface area contributed by atoms with Crippen LogP contribution < -0.4 is 22.1 Å². The van der Waals surface area contributed by atoms with Gasteiger partial charge in [0.2, 0.25) is 5.95 Å². The Hall–Kier alpha value is -3.06. The van der Waals surface area contributed by atoms with E-state index in [-0.39, 0.29) is 10.5 Å². The summed E-state index contributed by atoms with van der Waals surface area (Å²) in [5.74, 6) is 0.930. The lowest BCUT2D eigenvalue weighted by atomic mass is 10.2. The molecule has 0 bridgehead atoms. The van der Waals surface area contributed by atoms with E-state index in [1.54, 1.807) is 54.7 Å². The van der Waals surface area contributed by atoms with Crippen molar-refractivity contribution in [1.82, 2.24) is 9.97 Å². The second-order valence-corrected chi connectivity index (χ2v) is 14.3. The first-order valence-electron chi connectivity index (χ1n) is 12.1. The topological polar surface area (TPSA) is 170 Å². The number of nitrogens with zero attached hydrogens (tertiary/aromatic N) is 2. The van der Waals surface area contributed by atoms with E-state index in [0.717, 1.165) is 11.3 Å². The molecule has 196 valence electrons. The Labute approximate surface area is 216 Å². The Kier molecular flexibility index (Phi) is 6.69. The van der Waals surface area contributed by atoms with E-state index in [1.165, 1.54) is 0 Å². The van der Waals surface area contributed by atoms with Crippen molar-refractivity contribution in [2.24, 2.45) is 11.5 Å². The molecule has 2 saturated carbocycles. The van der Waals surface area contributed by atoms with Crippen LogP contribution in [0, 0.1) is 6.92 Å². The first-order valence-corrected chi connectivity index (χ1v) is 15.3. The number of sulfone groups is 2. The summed E-state index contributed by atoms with van der Waals surface area (Å²) < 4.78 is 49.7. The highest BCUT2D eigenvalue weighted by molar-refractivity contribution is 7.92. The van der Waals surface area contributed by atoms with E-state index in [1.807, 2.05) is 6.92 Å². The Morgan fingerprint density at radius 3 is 1.62 bits per heavy atom. The van der Waals surface area contributed by atoms with Gasteiger partial charge in [-0.15, -0.1) is 0 Å². The molecule has 0 spiro atoms. The predicted molar refractivity (Wildman–Crippen MR) is 144 cm³/mol. The molecule has 1 heterocycles. The van der Waals surface area contributed by atoms with Crippen molar-refractivity contribution in [1.29, 1.82) is 0 Å². The van der Waals surface area contributed by atoms with Gasteiger partial charge in [-0.05, 0) is 68.0 Å². The summed E-state index contributed by atoms with van der Waals surface area (Å²) in [6.45, 7) is 1.87. The molecular weight excluding hydrogens is 512 g/mol. The molecule has 2 aromatic carbocycles. The maximum Gasteiger partial charge on any atom is 0.229 e. The molecule has 12 heteroatoms. The van der Waals surface area contributed by atoms with Gasteiger partial charge in [0.25, 0.3) is 0 Å². The third kappa shape index (κ3) is 5.47. The predicted octanol–water partition coefficient (Wildman–Crippen LogP) is 3.34. The van der Waals surface area contributed by atoms with Crippen LogP contribution in [0.15, 0.2) is 54.7 Å². The number of hydrogen-bond donors (Lipinski definition) is 4. The van der Waals surface area contributed by atoms with Gasteiger partial charge < -0.3 is 22.1 Å². The van der Waals surface area contributed by atoms with Crippen molar-refractivity contribution in [2.45, 2.75) is 53.9 Å². The monoisotopic (exact) mass is 542 g/mol. The molecule has 5 rings (SSSR count). The fourth-order valence-corrected chi connectivity index (χ4v) is 7.48. The van der Waals surface area contributed by atoms with Crippen molar-refractivity contribution in [3.8, 4) is 0 Å². The number of rotatable bonds is 10. The van der Waals surface area contributed by atoms with Gasteiger partial charge in [-0.3, -0.25) is 0 Å². The molecule has 2 aliphatic carbocycles. The zero-order chi connectivity index (χ0) is 26.4. The fraction of sp³-hybridized carbons (Fsp3) is 0.360. The third-order valence-electron chi connectivity index (χ3n) is 6.65.